The molecular weight excluding hydrogens is 172 g/mol. The summed E-state index contributed by atoms with van der Waals surface area (Å²) in [5.74, 6) is 0. The fourth-order valence-electron chi connectivity index (χ4n) is 2.77. The van der Waals surface area contributed by atoms with Crippen molar-refractivity contribution in [3.63, 3.8) is 0 Å². The number of hydrogen-bond donors (Lipinski definition) is 1. The van der Waals surface area contributed by atoms with Crippen molar-refractivity contribution in [2.45, 2.75) is 12.3 Å². The summed E-state index contributed by atoms with van der Waals surface area (Å²) in [6.45, 7) is 7.01. The zero-order chi connectivity index (χ0) is 9.60. The van der Waals surface area contributed by atoms with Gasteiger partial charge in [0.1, 0.15) is 0 Å². The summed E-state index contributed by atoms with van der Waals surface area (Å²) in [7, 11) is 0. The summed E-state index contributed by atoms with van der Waals surface area (Å²) in [5.41, 5.74) is 3.32. The van der Waals surface area contributed by atoms with E-state index in [1.54, 1.807) is 0 Å². The molecule has 2 heteroatoms. The maximum absolute atomic E-state index is 3.51. The van der Waals surface area contributed by atoms with Crippen molar-refractivity contribution in [3.8, 4) is 0 Å². The lowest BCUT2D eigenvalue weighted by Crippen LogP contribution is -2.60. The van der Waals surface area contributed by atoms with Gasteiger partial charge in [-0.2, -0.15) is 0 Å². The fourth-order valence-corrected chi connectivity index (χ4v) is 2.77. The van der Waals surface area contributed by atoms with Crippen molar-refractivity contribution in [3.05, 3.63) is 29.8 Å². The molecule has 0 atom stereocenters. The molecule has 14 heavy (non-hydrogen) atoms. The third kappa shape index (κ3) is 0.947. The molecule has 0 saturated carbocycles. The molecule has 2 aliphatic rings. The monoisotopic (exact) mass is 188 g/mol. The molecule has 0 aliphatic carbocycles. The minimum Gasteiger partial charge on any atom is -0.384 e. The van der Waals surface area contributed by atoms with Crippen LogP contribution in [0.3, 0.4) is 0 Å². The van der Waals surface area contributed by atoms with E-state index in [4.69, 9.17) is 0 Å². The summed E-state index contributed by atoms with van der Waals surface area (Å²) in [4.78, 5) is 2.50. The summed E-state index contributed by atoms with van der Waals surface area (Å²) >= 11 is 0. The van der Waals surface area contributed by atoms with Crippen molar-refractivity contribution in [2.24, 2.45) is 0 Å². The second-order valence-electron chi connectivity index (χ2n) is 4.48. The van der Waals surface area contributed by atoms with Crippen molar-refractivity contribution in [1.29, 1.82) is 0 Å². The van der Waals surface area contributed by atoms with Crippen LogP contribution in [0.1, 0.15) is 12.5 Å². The molecule has 2 aliphatic heterocycles. The predicted molar refractivity (Wildman–Crippen MR) is 58.7 cm³/mol. The normalized spacial score (nSPS) is 22.9. The Bertz CT molecular complexity index is 353. The Hall–Kier alpha value is -1.02. The largest absolute Gasteiger partial charge is 0.384 e. The third-order valence-electron chi connectivity index (χ3n) is 3.62. The van der Waals surface area contributed by atoms with Crippen LogP contribution in [0.4, 0.5) is 5.69 Å². The Morgan fingerprint density at radius 1 is 1.36 bits per heavy atom. The number of benzene rings is 1. The standard InChI is InChI=1S/C12H16N2/c1-2-14-8-12(9-14)7-13-11-6-4-3-5-10(11)12/h3-6,13H,2,7-9H2,1H3. The van der Waals surface area contributed by atoms with E-state index >= 15 is 0 Å². The predicted octanol–water partition coefficient (Wildman–Crippen LogP) is 1.69. The first-order valence-corrected chi connectivity index (χ1v) is 5.40. The lowest BCUT2D eigenvalue weighted by atomic mass is 9.75. The van der Waals surface area contributed by atoms with Gasteiger partial charge in [-0.3, -0.25) is 0 Å². The molecule has 1 saturated heterocycles. The van der Waals surface area contributed by atoms with Crippen LogP contribution in [-0.4, -0.2) is 31.1 Å². The molecule has 0 bridgehead atoms. The van der Waals surface area contributed by atoms with Crippen molar-refractivity contribution in [2.75, 3.05) is 31.5 Å². The highest BCUT2D eigenvalue weighted by Crippen LogP contribution is 2.42. The number of rotatable bonds is 1. The molecule has 1 aromatic carbocycles. The van der Waals surface area contributed by atoms with Gasteiger partial charge in [0.25, 0.3) is 0 Å². The lowest BCUT2D eigenvalue weighted by Gasteiger charge is -2.47. The molecule has 2 heterocycles. The van der Waals surface area contributed by atoms with Gasteiger partial charge in [-0.05, 0) is 18.2 Å². The summed E-state index contributed by atoms with van der Waals surface area (Å²) in [5, 5.41) is 3.51. The molecule has 2 nitrogen and oxygen atoms in total. The number of hydrogen-bond acceptors (Lipinski definition) is 2. The molecular formula is C12H16N2. The molecule has 0 amide bonds. The van der Waals surface area contributed by atoms with Crippen molar-refractivity contribution in [1.82, 2.24) is 4.90 Å². The topological polar surface area (TPSA) is 15.3 Å². The van der Waals surface area contributed by atoms with Crippen LogP contribution in [0.25, 0.3) is 0 Å². The molecule has 1 fully saturated rings. The van der Waals surface area contributed by atoms with Gasteiger partial charge in [0.05, 0.1) is 0 Å². The van der Waals surface area contributed by atoms with Crippen molar-refractivity contribution < 1.29 is 0 Å². The minimum absolute atomic E-state index is 0.437. The Morgan fingerprint density at radius 3 is 2.93 bits per heavy atom. The molecule has 0 aromatic heterocycles. The molecule has 0 unspecified atom stereocenters. The number of nitrogens with one attached hydrogen (secondary N) is 1. The van der Waals surface area contributed by atoms with Gasteiger partial charge in [-0.25, -0.2) is 0 Å². The highest BCUT2D eigenvalue weighted by Gasteiger charge is 2.47. The van der Waals surface area contributed by atoms with Crippen LogP contribution in [0.2, 0.25) is 0 Å². The number of fused-ring (bicyclic) bond motifs is 2. The van der Waals surface area contributed by atoms with E-state index in [1.807, 2.05) is 0 Å². The quantitative estimate of drug-likeness (QED) is 0.721. The first-order valence-electron chi connectivity index (χ1n) is 5.40. The molecule has 1 aromatic rings. The Balaban J connectivity index is 1.92. The molecule has 74 valence electrons. The second kappa shape index (κ2) is 2.74. The van der Waals surface area contributed by atoms with Gasteiger partial charge in [0.15, 0.2) is 0 Å². The molecule has 0 radical (unpaired) electrons. The Labute approximate surface area is 84.9 Å². The van der Waals surface area contributed by atoms with E-state index in [-0.39, 0.29) is 0 Å². The van der Waals surface area contributed by atoms with Gasteiger partial charge in [0, 0.05) is 30.7 Å². The number of para-hydroxylation sites is 1. The van der Waals surface area contributed by atoms with E-state index < -0.39 is 0 Å². The number of anilines is 1. The van der Waals surface area contributed by atoms with E-state index in [9.17, 15) is 0 Å². The molecule has 1 N–H and O–H groups in total. The Morgan fingerprint density at radius 2 is 2.14 bits per heavy atom. The van der Waals surface area contributed by atoms with E-state index in [0.29, 0.717) is 5.41 Å². The average Bonchev–Trinajstić information content (AvgIpc) is 2.55. The maximum atomic E-state index is 3.51. The van der Waals surface area contributed by atoms with Gasteiger partial charge in [0.2, 0.25) is 0 Å². The van der Waals surface area contributed by atoms with Crippen LogP contribution in [0, 0.1) is 0 Å². The minimum atomic E-state index is 0.437. The first-order chi connectivity index (χ1) is 6.84. The number of likely N-dealkylation sites (N-methyl/N-ethyl adjacent to an activating group) is 1. The smallest absolute Gasteiger partial charge is 0.0400 e. The van der Waals surface area contributed by atoms with E-state index in [1.165, 1.54) is 30.9 Å². The van der Waals surface area contributed by atoms with Gasteiger partial charge in [-0.1, -0.05) is 25.1 Å². The zero-order valence-electron chi connectivity index (χ0n) is 8.59. The van der Waals surface area contributed by atoms with Crippen LogP contribution in [-0.2, 0) is 5.41 Å². The fraction of sp³-hybridized carbons (Fsp3) is 0.500. The maximum Gasteiger partial charge on any atom is 0.0400 e. The van der Waals surface area contributed by atoms with Crippen LogP contribution >= 0.6 is 0 Å². The lowest BCUT2D eigenvalue weighted by molar-refractivity contribution is 0.0851. The van der Waals surface area contributed by atoms with Crippen LogP contribution < -0.4 is 5.32 Å². The van der Waals surface area contributed by atoms with Crippen LogP contribution in [0.15, 0.2) is 24.3 Å². The SMILES string of the molecule is CCN1CC2(CNc3ccccc32)C1. The summed E-state index contributed by atoms with van der Waals surface area (Å²) < 4.78 is 0. The molecule has 1 spiro atoms. The number of nitrogens with zero attached hydrogens (tertiary/aromatic N) is 1. The van der Waals surface area contributed by atoms with E-state index in [0.717, 1.165) is 6.54 Å². The van der Waals surface area contributed by atoms with Gasteiger partial charge >= 0.3 is 0 Å². The Kier molecular flexibility index (Phi) is 1.62. The second-order valence-corrected chi connectivity index (χ2v) is 4.48. The third-order valence-corrected chi connectivity index (χ3v) is 3.62. The highest BCUT2D eigenvalue weighted by atomic mass is 15.2. The highest BCUT2D eigenvalue weighted by molar-refractivity contribution is 5.61. The summed E-state index contributed by atoms with van der Waals surface area (Å²) in [6, 6.07) is 8.74. The van der Waals surface area contributed by atoms with Gasteiger partial charge < -0.3 is 10.2 Å². The molecule has 3 rings (SSSR count). The van der Waals surface area contributed by atoms with Gasteiger partial charge in [-0.15, -0.1) is 0 Å². The summed E-state index contributed by atoms with van der Waals surface area (Å²) in [6.07, 6.45) is 0. The van der Waals surface area contributed by atoms with E-state index in [2.05, 4.69) is 41.4 Å². The van der Waals surface area contributed by atoms with Crippen LogP contribution in [0.5, 0.6) is 0 Å². The number of likely N-dealkylation sites (tertiary alicyclic amines) is 1. The zero-order valence-corrected chi connectivity index (χ0v) is 8.59. The van der Waals surface area contributed by atoms with Crippen molar-refractivity contribution >= 4 is 5.69 Å². The average molecular weight is 188 g/mol. The first kappa shape index (κ1) is 8.30.